The highest BCUT2D eigenvalue weighted by molar-refractivity contribution is 5.75. The average molecular weight is 243 g/mol. The Hall–Kier alpha value is -0.610. The van der Waals surface area contributed by atoms with E-state index in [1.54, 1.807) is 0 Å². The van der Waals surface area contributed by atoms with Crippen LogP contribution >= 0.6 is 0 Å². The van der Waals surface area contributed by atoms with Crippen molar-refractivity contribution in [2.24, 2.45) is 0 Å². The summed E-state index contributed by atoms with van der Waals surface area (Å²) in [4.78, 5) is 11.7. The van der Waals surface area contributed by atoms with Crippen molar-refractivity contribution in [3.8, 4) is 0 Å². The second-order valence-corrected chi connectivity index (χ2v) is 5.04. The maximum Gasteiger partial charge on any atom is 0.322 e. The Labute approximate surface area is 104 Å². The first-order valence-electron chi connectivity index (χ1n) is 6.50. The fourth-order valence-corrected chi connectivity index (χ4v) is 2.22. The van der Waals surface area contributed by atoms with Crippen LogP contribution in [0.4, 0.5) is 0 Å². The molecule has 4 nitrogen and oxygen atoms in total. The molecule has 4 heteroatoms. The summed E-state index contributed by atoms with van der Waals surface area (Å²) in [6.07, 6.45) is 4.01. The Kier molecular flexibility index (Phi) is 5.40. The predicted molar refractivity (Wildman–Crippen MR) is 66.9 cm³/mol. The molecule has 0 aromatic heterocycles. The number of hydrogen-bond donors (Lipinski definition) is 1. The zero-order valence-electron chi connectivity index (χ0n) is 11.4. The molecule has 17 heavy (non-hydrogen) atoms. The first-order valence-corrected chi connectivity index (χ1v) is 6.50. The van der Waals surface area contributed by atoms with Gasteiger partial charge in [-0.1, -0.05) is 19.8 Å². The largest absolute Gasteiger partial charge is 0.468 e. The average Bonchev–Trinajstić information content (AvgIpc) is 2.64. The summed E-state index contributed by atoms with van der Waals surface area (Å²) in [7, 11) is 1.44. The lowest BCUT2D eigenvalue weighted by molar-refractivity contribution is -0.144. The summed E-state index contributed by atoms with van der Waals surface area (Å²) in [6, 6.07) is -0.214. The molecule has 0 aromatic carbocycles. The Balaban J connectivity index is 2.61. The highest BCUT2D eigenvalue weighted by atomic mass is 16.5. The molecule has 1 heterocycles. The predicted octanol–water partition coefficient (Wildman–Crippen LogP) is 1.88. The van der Waals surface area contributed by atoms with E-state index in [2.05, 4.69) is 19.2 Å². The maximum absolute atomic E-state index is 11.7. The summed E-state index contributed by atoms with van der Waals surface area (Å²) in [6.45, 7) is 7.05. The van der Waals surface area contributed by atoms with Crippen LogP contribution in [0.25, 0.3) is 0 Å². The highest BCUT2D eigenvalue weighted by Crippen LogP contribution is 2.26. The lowest BCUT2D eigenvalue weighted by Gasteiger charge is -2.32. The van der Waals surface area contributed by atoms with Crippen molar-refractivity contribution in [3.05, 3.63) is 0 Å². The quantitative estimate of drug-likeness (QED) is 0.724. The van der Waals surface area contributed by atoms with Crippen molar-refractivity contribution < 1.29 is 14.3 Å². The molecule has 0 bridgehead atoms. The molecule has 0 radical (unpaired) electrons. The molecule has 1 aliphatic heterocycles. The van der Waals surface area contributed by atoms with Crippen molar-refractivity contribution >= 4 is 5.97 Å². The van der Waals surface area contributed by atoms with Gasteiger partial charge in [0.1, 0.15) is 6.04 Å². The van der Waals surface area contributed by atoms with Crippen LogP contribution < -0.4 is 5.32 Å². The van der Waals surface area contributed by atoms with E-state index < -0.39 is 0 Å². The lowest BCUT2D eigenvalue weighted by Crippen LogP contribution is -2.55. The van der Waals surface area contributed by atoms with Gasteiger partial charge in [0.15, 0.2) is 0 Å². The van der Waals surface area contributed by atoms with Crippen LogP contribution in [0.15, 0.2) is 0 Å². The van der Waals surface area contributed by atoms with E-state index in [1.807, 2.05) is 6.92 Å². The molecule has 0 amide bonds. The minimum Gasteiger partial charge on any atom is -0.468 e. The van der Waals surface area contributed by atoms with Crippen LogP contribution in [0.2, 0.25) is 0 Å². The summed E-state index contributed by atoms with van der Waals surface area (Å²) in [5.74, 6) is -0.168. The lowest BCUT2D eigenvalue weighted by atomic mass is 9.92. The number of rotatable bonds is 6. The van der Waals surface area contributed by atoms with Crippen molar-refractivity contribution in [1.82, 2.24) is 5.32 Å². The van der Waals surface area contributed by atoms with Crippen molar-refractivity contribution in [1.29, 1.82) is 0 Å². The van der Waals surface area contributed by atoms with Gasteiger partial charge in [-0.2, -0.15) is 0 Å². The fourth-order valence-electron chi connectivity index (χ4n) is 2.22. The molecule has 3 atom stereocenters. The molecule has 0 spiro atoms. The maximum atomic E-state index is 11.7. The zero-order chi connectivity index (χ0) is 12.9. The first kappa shape index (κ1) is 14.5. The molecule has 1 saturated heterocycles. The van der Waals surface area contributed by atoms with Gasteiger partial charge in [0, 0.05) is 12.1 Å². The molecular formula is C13H25NO3. The minimum absolute atomic E-state index is 0.118. The van der Waals surface area contributed by atoms with Crippen LogP contribution in [0.5, 0.6) is 0 Å². The smallest absolute Gasteiger partial charge is 0.322 e. The third kappa shape index (κ3) is 3.68. The third-order valence-electron chi connectivity index (χ3n) is 3.72. The molecule has 1 fully saturated rings. The number of carbonyl (C=O) groups is 1. The standard InChI is InChI=1S/C13H25NO3/c1-5-6-7-11(12(15)16-4)14-13(3)8-9-17-10(13)2/h10-11,14H,5-9H2,1-4H3. The summed E-state index contributed by atoms with van der Waals surface area (Å²) in [5, 5.41) is 3.43. The van der Waals surface area contributed by atoms with Gasteiger partial charge in [0.2, 0.25) is 0 Å². The van der Waals surface area contributed by atoms with Gasteiger partial charge >= 0.3 is 5.97 Å². The molecule has 1 aliphatic rings. The molecule has 0 saturated carbocycles. The Morgan fingerprint density at radius 1 is 1.65 bits per heavy atom. The van der Waals surface area contributed by atoms with Crippen molar-refractivity contribution in [3.63, 3.8) is 0 Å². The molecule has 1 N–H and O–H groups in total. The summed E-state index contributed by atoms with van der Waals surface area (Å²) >= 11 is 0. The van der Waals surface area contributed by atoms with Gasteiger partial charge in [0.05, 0.1) is 13.2 Å². The first-order chi connectivity index (χ1) is 8.03. The second kappa shape index (κ2) is 6.36. The van der Waals surface area contributed by atoms with Crippen LogP contribution in [0.3, 0.4) is 0 Å². The van der Waals surface area contributed by atoms with Gasteiger partial charge in [0.25, 0.3) is 0 Å². The molecule has 0 aliphatic carbocycles. The summed E-state index contributed by atoms with van der Waals surface area (Å²) < 4.78 is 10.4. The monoisotopic (exact) mass is 243 g/mol. The molecular weight excluding hydrogens is 218 g/mol. The molecule has 0 aromatic rings. The zero-order valence-corrected chi connectivity index (χ0v) is 11.4. The third-order valence-corrected chi connectivity index (χ3v) is 3.72. The highest BCUT2D eigenvalue weighted by Gasteiger charge is 2.39. The fraction of sp³-hybridized carbons (Fsp3) is 0.923. The minimum atomic E-state index is -0.214. The van der Waals surface area contributed by atoms with E-state index in [4.69, 9.17) is 9.47 Å². The van der Waals surface area contributed by atoms with Gasteiger partial charge in [-0.3, -0.25) is 10.1 Å². The van der Waals surface area contributed by atoms with Crippen LogP contribution in [-0.2, 0) is 14.3 Å². The number of esters is 1. The van der Waals surface area contributed by atoms with E-state index in [-0.39, 0.29) is 23.7 Å². The van der Waals surface area contributed by atoms with Gasteiger partial charge in [-0.15, -0.1) is 0 Å². The number of nitrogens with one attached hydrogen (secondary N) is 1. The van der Waals surface area contributed by atoms with Crippen LogP contribution in [-0.4, -0.2) is 37.4 Å². The van der Waals surface area contributed by atoms with Crippen LogP contribution in [0, 0.1) is 0 Å². The van der Waals surface area contributed by atoms with E-state index in [9.17, 15) is 4.79 Å². The van der Waals surface area contributed by atoms with Gasteiger partial charge in [-0.05, 0) is 26.7 Å². The van der Waals surface area contributed by atoms with Gasteiger partial charge in [-0.25, -0.2) is 0 Å². The van der Waals surface area contributed by atoms with E-state index in [0.29, 0.717) is 0 Å². The van der Waals surface area contributed by atoms with Crippen molar-refractivity contribution in [2.75, 3.05) is 13.7 Å². The SMILES string of the molecule is CCCCC(NC1(C)CCOC1C)C(=O)OC. The molecule has 1 rings (SSSR count). The topological polar surface area (TPSA) is 47.6 Å². The normalized spacial score (nSPS) is 30.2. The number of ether oxygens (including phenoxy) is 2. The molecule has 100 valence electrons. The van der Waals surface area contributed by atoms with Crippen molar-refractivity contribution in [2.45, 2.75) is 64.1 Å². The van der Waals surface area contributed by atoms with Crippen LogP contribution in [0.1, 0.15) is 46.5 Å². The number of methoxy groups -OCH3 is 1. The van der Waals surface area contributed by atoms with E-state index in [0.717, 1.165) is 32.3 Å². The Bertz CT molecular complexity index is 257. The summed E-state index contributed by atoms with van der Waals surface area (Å²) in [5.41, 5.74) is -0.118. The molecule has 3 unspecified atom stereocenters. The second-order valence-electron chi connectivity index (χ2n) is 5.04. The number of carbonyl (C=O) groups excluding carboxylic acids is 1. The van der Waals surface area contributed by atoms with E-state index >= 15 is 0 Å². The number of unbranched alkanes of at least 4 members (excludes halogenated alkanes) is 1. The Morgan fingerprint density at radius 3 is 2.82 bits per heavy atom. The number of hydrogen-bond acceptors (Lipinski definition) is 4. The Morgan fingerprint density at radius 2 is 2.35 bits per heavy atom. The van der Waals surface area contributed by atoms with E-state index in [1.165, 1.54) is 7.11 Å². The van der Waals surface area contributed by atoms with Gasteiger partial charge < -0.3 is 9.47 Å².